The maximum Gasteiger partial charge on any atom is 0.414 e. The van der Waals surface area contributed by atoms with E-state index in [9.17, 15) is 35.5 Å². The van der Waals surface area contributed by atoms with Crippen molar-refractivity contribution in [2.24, 2.45) is 11.7 Å². The van der Waals surface area contributed by atoms with Gasteiger partial charge in [0.15, 0.2) is 11.9 Å². The van der Waals surface area contributed by atoms with Crippen LogP contribution >= 0.6 is 12.4 Å². The number of hydrogen-bond donors (Lipinski definition) is 3. The third-order valence-electron chi connectivity index (χ3n) is 6.36. The summed E-state index contributed by atoms with van der Waals surface area (Å²) < 4.78 is 97.8. The maximum absolute atomic E-state index is 15.0. The first-order chi connectivity index (χ1) is 16.2. The van der Waals surface area contributed by atoms with Crippen LogP contribution in [0, 0.1) is 11.7 Å². The van der Waals surface area contributed by atoms with E-state index >= 15 is 0 Å². The molecule has 1 aromatic heterocycles. The second-order valence-corrected chi connectivity index (χ2v) is 9.05. The number of aromatic amines is 1. The average molecular weight is 548 g/mol. The predicted octanol–water partition coefficient (Wildman–Crippen LogP) is 4.89. The number of carbonyl (C=O) groups excluding carboxylic acids is 1. The molecule has 5 atom stereocenters. The quantitative estimate of drug-likeness (QED) is 0.430. The van der Waals surface area contributed by atoms with Crippen molar-refractivity contribution in [3.05, 3.63) is 29.3 Å². The molecule has 1 aliphatic carbocycles. The Morgan fingerprint density at radius 3 is 2.33 bits per heavy atom. The monoisotopic (exact) mass is 547 g/mol. The first-order valence-corrected chi connectivity index (χ1v) is 11.0. The number of aromatic nitrogens is 2. The van der Waals surface area contributed by atoms with Gasteiger partial charge in [-0.2, -0.15) is 26.3 Å². The van der Waals surface area contributed by atoms with E-state index in [2.05, 4.69) is 9.97 Å². The van der Waals surface area contributed by atoms with Crippen LogP contribution in [0.2, 0.25) is 0 Å². The number of alkyl halides is 6. The normalized spacial score (nSPS) is 22.2. The maximum atomic E-state index is 15.0. The van der Waals surface area contributed by atoms with Crippen LogP contribution in [-0.2, 0) is 4.74 Å². The Hall–Kier alpha value is -2.32. The van der Waals surface area contributed by atoms with Gasteiger partial charge in [0.05, 0.1) is 30.2 Å². The highest BCUT2D eigenvalue weighted by molar-refractivity contribution is 5.85. The zero-order valence-electron chi connectivity index (χ0n) is 19.1. The number of rotatable bonds is 7. The van der Waals surface area contributed by atoms with Gasteiger partial charge in [-0.15, -0.1) is 12.4 Å². The lowest BCUT2D eigenvalue weighted by Gasteiger charge is -2.27. The van der Waals surface area contributed by atoms with Crippen LogP contribution in [0.25, 0.3) is 11.0 Å². The molecule has 2 aliphatic rings. The second kappa shape index (κ2) is 9.86. The number of urea groups is 1. The van der Waals surface area contributed by atoms with Crippen molar-refractivity contribution in [1.82, 2.24) is 20.2 Å². The fraction of sp³-hybridized carbons (Fsp3) is 0.619. The van der Waals surface area contributed by atoms with E-state index < -0.39 is 61.1 Å². The van der Waals surface area contributed by atoms with Crippen LogP contribution in [0.5, 0.6) is 0 Å². The smallest absolute Gasteiger partial charge is 0.364 e. The van der Waals surface area contributed by atoms with Gasteiger partial charge in [0, 0.05) is 0 Å². The molecule has 1 aliphatic heterocycles. The molecule has 4 N–H and O–H groups in total. The number of imidazole rings is 1. The van der Waals surface area contributed by atoms with E-state index in [1.165, 1.54) is 13.0 Å². The van der Waals surface area contributed by atoms with Gasteiger partial charge in [-0.25, -0.2) is 14.2 Å². The molecule has 15 heteroatoms. The van der Waals surface area contributed by atoms with Crippen LogP contribution in [0.1, 0.15) is 50.2 Å². The lowest BCUT2D eigenvalue weighted by Crippen LogP contribution is -2.40. The van der Waals surface area contributed by atoms with Gasteiger partial charge < -0.3 is 25.7 Å². The Kier molecular flexibility index (Phi) is 7.74. The highest BCUT2D eigenvalue weighted by atomic mass is 35.5. The van der Waals surface area contributed by atoms with Crippen molar-refractivity contribution in [3.63, 3.8) is 0 Å². The van der Waals surface area contributed by atoms with Gasteiger partial charge in [-0.3, -0.25) is 0 Å². The van der Waals surface area contributed by atoms with E-state index in [-0.39, 0.29) is 40.7 Å². The minimum absolute atomic E-state index is 0. The molecule has 2 aromatic rings. The minimum atomic E-state index is -4.62. The lowest BCUT2D eigenvalue weighted by molar-refractivity contribution is -0.227. The summed E-state index contributed by atoms with van der Waals surface area (Å²) in [6.07, 6.45) is -11.1. The largest absolute Gasteiger partial charge is 0.414 e. The predicted molar refractivity (Wildman–Crippen MR) is 117 cm³/mol. The number of fused-ring (bicyclic) bond motifs is 1. The fourth-order valence-corrected chi connectivity index (χ4v) is 4.25. The molecule has 0 bridgehead atoms. The highest BCUT2D eigenvalue weighted by Gasteiger charge is 2.51. The van der Waals surface area contributed by atoms with Crippen LogP contribution < -0.4 is 11.1 Å². The number of carbonyl (C=O) groups is 1. The highest BCUT2D eigenvalue weighted by Crippen LogP contribution is 2.46. The van der Waals surface area contributed by atoms with Crippen LogP contribution in [0.3, 0.4) is 0 Å². The van der Waals surface area contributed by atoms with Crippen molar-refractivity contribution in [3.8, 4) is 0 Å². The molecule has 7 nitrogen and oxygen atoms in total. The molecule has 1 unspecified atom stereocenters. The number of H-pyrrole nitrogens is 1. The molecule has 1 aromatic carbocycles. The van der Waals surface area contributed by atoms with Gasteiger partial charge in [0.2, 0.25) is 0 Å². The Morgan fingerprint density at radius 2 is 1.81 bits per heavy atom. The number of benzene rings is 1. The van der Waals surface area contributed by atoms with E-state index in [0.717, 1.165) is 17.9 Å². The van der Waals surface area contributed by atoms with E-state index in [1.54, 1.807) is 0 Å². The van der Waals surface area contributed by atoms with Crippen molar-refractivity contribution < 1.29 is 40.3 Å². The Labute approximate surface area is 207 Å². The fourth-order valence-electron chi connectivity index (χ4n) is 4.25. The summed E-state index contributed by atoms with van der Waals surface area (Å²) in [4.78, 5) is 20.3. The topological polar surface area (TPSA) is 96.3 Å². The van der Waals surface area contributed by atoms with E-state index in [0.29, 0.717) is 12.8 Å². The van der Waals surface area contributed by atoms with Crippen molar-refractivity contribution in [2.75, 3.05) is 6.54 Å². The summed E-state index contributed by atoms with van der Waals surface area (Å²) in [5.41, 5.74) is 6.30. The number of nitrogens with two attached hydrogens (primary N) is 1. The molecule has 2 fully saturated rings. The molecule has 36 heavy (non-hydrogen) atoms. The molecular weight excluding hydrogens is 523 g/mol. The second-order valence-electron chi connectivity index (χ2n) is 9.05. The van der Waals surface area contributed by atoms with Gasteiger partial charge >= 0.3 is 18.4 Å². The summed E-state index contributed by atoms with van der Waals surface area (Å²) in [5, 5.41) is 1.92. The summed E-state index contributed by atoms with van der Waals surface area (Å²) in [5.74, 6) is -0.953. The summed E-state index contributed by atoms with van der Waals surface area (Å²) >= 11 is 0. The number of hydrogen-bond acceptors (Lipinski definition) is 4. The lowest BCUT2D eigenvalue weighted by atomic mass is 9.99. The Morgan fingerprint density at radius 1 is 1.17 bits per heavy atom. The molecular formula is C21H25ClF7N5O2. The SMILES string of the molecule is C[C@@H](O[C@H](C)C(F)(F)F)[C@H](N)c1nc2c(F)cc([C@@H](C3CC3)N3CC(C(F)(F)F)NC3=O)cc2[nH]1.Cl. The molecule has 202 valence electrons. The third kappa shape index (κ3) is 5.65. The summed E-state index contributed by atoms with van der Waals surface area (Å²) in [7, 11) is 0. The minimum Gasteiger partial charge on any atom is -0.364 e. The standard InChI is InChI=1S/C21H24F7N5O2.ClH/c1-8(35-9(2)20(23,24)25)15(29)18-30-13-6-11(5-12(22)16(13)32-18)17(10-3-4-10)33-7-14(21(26,27)28)31-19(33)34;/h5-6,8-10,14-15,17H,3-4,7,29H2,1-2H3,(H,30,32)(H,31,34);1H/t8-,9-,14?,15+,17-;/m1./s1. The first kappa shape index (κ1) is 28.3. The molecule has 4 rings (SSSR count). The molecule has 1 saturated carbocycles. The number of nitrogens with one attached hydrogen (secondary N) is 2. The summed E-state index contributed by atoms with van der Waals surface area (Å²) in [6.45, 7) is 1.56. The number of amides is 2. The van der Waals surface area contributed by atoms with Gasteiger partial charge in [-0.05, 0) is 50.3 Å². The molecule has 2 heterocycles. The van der Waals surface area contributed by atoms with Gasteiger partial charge in [0.1, 0.15) is 17.4 Å². The average Bonchev–Trinajstić information content (AvgIpc) is 3.34. The Bertz CT molecular complexity index is 1100. The molecule has 2 amide bonds. The Balaban J connectivity index is 0.00000361. The summed E-state index contributed by atoms with van der Waals surface area (Å²) in [6, 6.07) is -2.25. The van der Waals surface area contributed by atoms with Crippen LogP contribution in [0.15, 0.2) is 12.1 Å². The molecule has 1 saturated heterocycles. The van der Waals surface area contributed by atoms with Gasteiger partial charge in [-0.1, -0.05) is 0 Å². The molecule has 0 spiro atoms. The van der Waals surface area contributed by atoms with E-state index in [1.807, 2.05) is 5.32 Å². The third-order valence-corrected chi connectivity index (χ3v) is 6.36. The molecule has 0 radical (unpaired) electrons. The number of ether oxygens (including phenoxy) is 1. The first-order valence-electron chi connectivity index (χ1n) is 11.0. The number of nitrogens with zero attached hydrogens (tertiary/aromatic N) is 2. The van der Waals surface area contributed by atoms with Crippen LogP contribution in [-0.4, -0.2) is 58.0 Å². The number of halogens is 8. The van der Waals surface area contributed by atoms with Crippen LogP contribution in [0.4, 0.5) is 35.5 Å². The van der Waals surface area contributed by atoms with Crippen molar-refractivity contribution in [1.29, 1.82) is 0 Å². The zero-order valence-corrected chi connectivity index (χ0v) is 19.9. The van der Waals surface area contributed by atoms with Gasteiger partial charge in [0.25, 0.3) is 0 Å². The zero-order chi connectivity index (χ0) is 25.9. The van der Waals surface area contributed by atoms with Crippen molar-refractivity contribution >= 4 is 29.5 Å². The van der Waals surface area contributed by atoms with Crippen molar-refractivity contribution in [2.45, 2.75) is 69.4 Å². The van der Waals surface area contributed by atoms with E-state index in [4.69, 9.17) is 10.5 Å².